The summed E-state index contributed by atoms with van der Waals surface area (Å²) in [4.78, 5) is 29.6. The van der Waals surface area contributed by atoms with E-state index in [0.29, 0.717) is 27.3 Å². The van der Waals surface area contributed by atoms with Gasteiger partial charge >= 0.3 is 0 Å². The number of fused-ring (bicyclic) bond motifs is 1. The highest BCUT2D eigenvalue weighted by molar-refractivity contribution is 7.99. The lowest BCUT2D eigenvalue weighted by Crippen LogP contribution is -2.32. The Labute approximate surface area is 160 Å². The van der Waals surface area contributed by atoms with Gasteiger partial charge in [0.2, 0.25) is 5.91 Å². The fourth-order valence-corrected chi connectivity index (χ4v) is 3.48. The van der Waals surface area contributed by atoms with Gasteiger partial charge in [-0.3, -0.25) is 14.2 Å². The number of halogens is 1. The Hall–Kier alpha value is -2.67. The van der Waals surface area contributed by atoms with E-state index in [0.717, 1.165) is 11.8 Å². The Morgan fingerprint density at radius 1 is 1.26 bits per heavy atom. The molecule has 27 heavy (non-hydrogen) atoms. The van der Waals surface area contributed by atoms with Crippen molar-refractivity contribution in [2.24, 2.45) is 0 Å². The van der Waals surface area contributed by atoms with Gasteiger partial charge in [0.25, 0.3) is 5.56 Å². The van der Waals surface area contributed by atoms with Crippen LogP contribution < -0.4 is 10.9 Å². The Morgan fingerprint density at radius 2 is 2.00 bits per heavy atom. The molecule has 3 rings (SSSR count). The molecule has 0 spiro atoms. The molecule has 0 aliphatic rings. The first-order valence-corrected chi connectivity index (χ1v) is 9.56. The standard InChI is InChI=1S/C20H20FN3O2S/c1-12(2)22-18(25)11-27-20-23-17-7-5-4-6-15(17)19(26)24(20)14-9-8-13(3)16(21)10-14/h4-10,12H,11H2,1-3H3,(H,22,25). The zero-order valence-corrected chi connectivity index (χ0v) is 16.1. The highest BCUT2D eigenvalue weighted by Gasteiger charge is 2.16. The predicted molar refractivity (Wildman–Crippen MR) is 106 cm³/mol. The van der Waals surface area contributed by atoms with Crippen molar-refractivity contribution in [3.05, 3.63) is 64.2 Å². The Bertz CT molecular complexity index is 1060. The molecule has 2 aromatic carbocycles. The van der Waals surface area contributed by atoms with E-state index in [2.05, 4.69) is 10.3 Å². The molecule has 1 amide bonds. The van der Waals surface area contributed by atoms with Crippen molar-refractivity contribution in [1.29, 1.82) is 0 Å². The molecule has 1 N–H and O–H groups in total. The van der Waals surface area contributed by atoms with Crippen LogP contribution in [0.2, 0.25) is 0 Å². The van der Waals surface area contributed by atoms with Gasteiger partial charge in [0.15, 0.2) is 5.16 Å². The average Bonchev–Trinajstić information content (AvgIpc) is 2.62. The van der Waals surface area contributed by atoms with Crippen molar-refractivity contribution < 1.29 is 9.18 Å². The number of carbonyl (C=O) groups is 1. The molecule has 0 radical (unpaired) electrons. The van der Waals surface area contributed by atoms with Crippen LogP contribution in [0.4, 0.5) is 4.39 Å². The van der Waals surface area contributed by atoms with Crippen LogP contribution >= 0.6 is 11.8 Å². The summed E-state index contributed by atoms with van der Waals surface area (Å²) in [6.45, 7) is 5.41. The van der Waals surface area contributed by atoms with Gasteiger partial charge in [-0.05, 0) is 50.6 Å². The second kappa shape index (κ2) is 7.92. The molecule has 1 aromatic heterocycles. The fraction of sp³-hybridized carbons (Fsp3) is 0.250. The first-order valence-electron chi connectivity index (χ1n) is 8.57. The fourth-order valence-electron chi connectivity index (χ4n) is 2.65. The molecule has 0 saturated heterocycles. The van der Waals surface area contributed by atoms with Crippen molar-refractivity contribution >= 4 is 28.6 Å². The minimum atomic E-state index is -0.402. The maximum atomic E-state index is 14.1. The van der Waals surface area contributed by atoms with Crippen LogP contribution in [0.25, 0.3) is 16.6 Å². The zero-order chi connectivity index (χ0) is 19.6. The normalized spacial score (nSPS) is 11.1. The molecule has 0 bridgehead atoms. The number of amides is 1. The lowest BCUT2D eigenvalue weighted by atomic mass is 10.2. The summed E-state index contributed by atoms with van der Waals surface area (Å²) < 4.78 is 15.5. The average molecular weight is 385 g/mol. The van der Waals surface area contributed by atoms with Crippen molar-refractivity contribution in [2.45, 2.75) is 32.0 Å². The van der Waals surface area contributed by atoms with Gasteiger partial charge in [0.1, 0.15) is 5.82 Å². The number of carbonyl (C=O) groups excluding carboxylic acids is 1. The van der Waals surface area contributed by atoms with Gasteiger partial charge in [-0.2, -0.15) is 0 Å². The van der Waals surface area contributed by atoms with Gasteiger partial charge in [0, 0.05) is 6.04 Å². The number of aryl methyl sites for hydroxylation is 1. The maximum absolute atomic E-state index is 14.1. The third-order valence-electron chi connectivity index (χ3n) is 3.94. The molecule has 0 aliphatic carbocycles. The molecule has 3 aromatic rings. The third kappa shape index (κ3) is 4.19. The molecular formula is C20H20FN3O2S. The smallest absolute Gasteiger partial charge is 0.266 e. The quantitative estimate of drug-likeness (QED) is 0.540. The van der Waals surface area contributed by atoms with Gasteiger partial charge in [-0.25, -0.2) is 9.37 Å². The lowest BCUT2D eigenvalue weighted by Gasteiger charge is -2.14. The van der Waals surface area contributed by atoms with Crippen LogP contribution in [0, 0.1) is 12.7 Å². The summed E-state index contributed by atoms with van der Waals surface area (Å²) in [7, 11) is 0. The van der Waals surface area contributed by atoms with Gasteiger partial charge in [-0.15, -0.1) is 0 Å². The number of para-hydroxylation sites is 1. The van der Waals surface area contributed by atoms with Crippen molar-refractivity contribution in [2.75, 3.05) is 5.75 Å². The SMILES string of the molecule is Cc1ccc(-n2c(SCC(=O)NC(C)C)nc3ccccc3c2=O)cc1F. The second-order valence-corrected chi connectivity index (χ2v) is 7.44. The Kier molecular flexibility index (Phi) is 5.60. The minimum absolute atomic E-state index is 0.0241. The molecule has 0 saturated carbocycles. The number of rotatable bonds is 5. The van der Waals surface area contributed by atoms with Gasteiger partial charge in [-0.1, -0.05) is 30.0 Å². The molecule has 0 unspecified atom stereocenters. The first kappa shape index (κ1) is 19.1. The van der Waals surface area contributed by atoms with E-state index in [1.165, 1.54) is 10.6 Å². The summed E-state index contributed by atoms with van der Waals surface area (Å²) in [5, 5.41) is 3.59. The van der Waals surface area contributed by atoms with Crippen molar-refractivity contribution in [3.8, 4) is 5.69 Å². The molecular weight excluding hydrogens is 365 g/mol. The van der Waals surface area contributed by atoms with Gasteiger partial charge in [0.05, 0.1) is 22.3 Å². The number of hydrogen-bond acceptors (Lipinski definition) is 4. The number of thioether (sulfide) groups is 1. The monoisotopic (exact) mass is 385 g/mol. The summed E-state index contributed by atoms with van der Waals surface area (Å²) in [5.41, 5.74) is 1.12. The van der Waals surface area contributed by atoms with E-state index in [4.69, 9.17) is 0 Å². The van der Waals surface area contributed by atoms with Crippen molar-refractivity contribution in [1.82, 2.24) is 14.9 Å². The van der Waals surface area contributed by atoms with E-state index in [1.807, 2.05) is 13.8 Å². The molecule has 5 nitrogen and oxygen atoms in total. The first-order chi connectivity index (χ1) is 12.9. The topological polar surface area (TPSA) is 64.0 Å². The molecule has 140 valence electrons. The van der Waals surface area contributed by atoms with E-state index in [-0.39, 0.29) is 23.3 Å². The molecule has 0 atom stereocenters. The van der Waals surface area contributed by atoms with Crippen LogP contribution in [0.15, 0.2) is 52.4 Å². The molecule has 1 heterocycles. The zero-order valence-electron chi connectivity index (χ0n) is 15.3. The molecule has 0 fully saturated rings. The Balaban J connectivity index is 2.11. The van der Waals surface area contributed by atoms with Crippen LogP contribution in [-0.2, 0) is 4.79 Å². The molecule has 0 aliphatic heterocycles. The predicted octanol–water partition coefficient (Wildman–Crippen LogP) is 3.45. The number of aromatic nitrogens is 2. The second-order valence-electron chi connectivity index (χ2n) is 6.50. The van der Waals surface area contributed by atoms with Crippen LogP contribution in [0.5, 0.6) is 0 Å². The summed E-state index contributed by atoms with van der Waals surface area (Å²) in [5.74, 6) is -0.447. The lowest BCUT2D eigenvalue weighted by molar-refractivity contribution is -0.119. The largest absolute Gasteiger partial charge is 0.353 e. The van der Waals surface area contributed by atoms with Crippen LogP contribution in [0.1, 0.15) is 19.4 Å². The highest BCUT2D eigenvalue weighted by Crippen LogP contribution is 2.22. The summed E-state index contributed by atoms with van der Waals surface area (Å²) >= 11 is 1.15. The highest BCUT2D eigenvalue weighted by atomic mass is 32.2. The van der Waals surface area contributed by atoms with E-state index < -0.39 is 5.82 Å². The summed E-state index contributed by atoms with van der Waals surface area (Å²) in [6.07, 6.45) is 0. The van der Waals surface area contributed by atoms with E-state index >= 15 is 0 Å². The number of nitrogens with zero attached hydrogens (tertiary/aromatic N) is 2. The third-order valence-corrected chi connectivity index (χ3v) is 4.88. The maximum Gasteiger partial charge on any atom is 0.266 e. The number of nitrogens with one attached hydrogen (secondary N) is 1. The summed E-state index contributed by atoms with van der Waals surface area (Å²) in [6, 6.07) is 11.6. The van der Waals surface area contributed by atoms with Crippen molar-refractivity contribution in [3.63, 3.8) is 0 Å². The van der Waals surface area contributed by atoms with Crippen LogP contribution in [0.3, 0.4) is 0 Å². The number of benzene rings is 2. The van der Waals surface area contributed by atoms with Crippen LogP contribution in [-0.4, -0.2) is 27.3 Å². The molecule has 7 heteroatoms. The van der Waals surface area contributed by atoms with E-state index in [1.54, 1.807) is 43.3 Å². The Morgan fingerprint density at radius 3 is 2.70 bits per heavy atom. The number of hydrogen-bond donors (Lipinski definition) is 1. The van der Waals surface area contributed by atoms with Gasteiger partial charge < -0.3 is 5.32 Å². The van der Waals surface area contributed by atoms with E-state index in [9.17, 15) is 14.0 Å². The minimum Gasteiger partial charge on any atom is -0.353 e.